The van der Waals surface area contributed by atoms with Crippen molar-refractivity contribution in [3.63, 3.8) is 0 Å². The molecule has 0 unspecified atom stereocenters. The van der Waals surface area contributed by atoms with E-state index in [4.69, 9.17) is 23.7 Å². The van der Waals surface area contributed by atoms with Crippen LogP contribution in [-0.2, 0) is 25.7 Å². The predicted octanol–water partition coefficient (Wildman–Crippen LogP) is 7.27. The Morgan fingerprint density at radius 3 is 1.82 bits per heavy atom. The van der Waals surface area contributed by atoms with E-state index in [1.165, 1.54) is 33.4 Å². The highest BCUT2D eigenvalue weighted by Gasteiger charge is 2.37. The van der Waals surface area contributed by atoms with Gasteiger partial charge in [0, 0.05) is 96.2 Å². The average Bonchev–Trinajstić information content (AvgIpc) is 3.27. The summed E-state index contributed by atoms with van der Waals surface area (Å²) in [6.45, 7) is 14.3. The highest BCUT2D eigenvalue weighted by Crippen LogP contribution is 2.57. The zero-order chi connectivity index (χ0) is 41.5. The van der Waals surface area contributed by atoms with Crippen LogP contribution in [0.4, 0.5) is 0 Å². The van der Waals surface area contributed by atoms with Gasteiger partial charge in [0.1, 0.15) is 5.75 Å². The summed E-state index contributed by atoms with van der Waals surface area (Å²) in [6.07, 6.45) is 5.47. The van der Waals surface area contributed by atoms with Crippen LogP contribution >= 0.6 is 0 Å². The molecule has 4 aromatic carbocycles. The third-order valence-electron chi connectivity index (χ3n) is 14.1. The maximum atomic E-state index is 7.17. The molecule has 2 atom stereocenters. The van der Waals surface area contributed by atoms with Crippen molar-refractivity contribution >= 4 is 0 Å². The Morgan fingerprint density at radius 1 is 0.525 bits per heavy atom. The minimum Gasteiger partial charge on any atom is -0.490 e. The van der Waals surface area contributed by atoms with Gasteiger partial charge in [0.2, 0.25) is 5.75 Å². The fourth-order valence-corrected chi connectivity index (χ4v) is 10.2. The van der Waals surface area contributed by atoms with Gasteiger partial charge in [0.15, 0.2) is 34.5 Å². The molecule has 7 bridgehead atoms. The molecule has 2 fully saturated rings. The lowest BCUT2D eigenvalue weighted by molar-refractivity contribution is 0.145. The van der Waals surface area contributed by atoms with Crippen molar-refractivity contribution in [1.29, 1.82) is 0 Å². The van der Waals surface area contributed by atoms with Crippen LogP contribution in [0.3, 0.4) is 0 Å². The lowest BCUT2D eigenvalue weighted by atomic mass is 9.86. The number of piperazine rings is 2. The number of ether oxygens (including phenoxy) is 5. The van der Waals surface area contributed by atoms with Crippen molar-refractivity contribution in [1.82, 2.24) is 29.4 Å². The number of fused-ring (bicyclic) bond motifs is 2. The van der Waals surface area contributed by atoms with Gasteiger partial charge < -0.3 is 43.3 Å². The summed E-state index contributed by atoms with van der Waals surface area (Å²) in [7, 11) is 8.89. The van der Waals surface area contributed by atoms with Crippen LogP contribution in [0.25, 0.3) is 0 Å². The lowest BCUT2D eigenvalue weighted by Crippen LogP contribution is -2.44. The first-order chi connectivity index (χ1) is 29.8. The summed E-state index contributed by atoms with van der Waals surface area (Å²) in [4.78, 5) is 14.9. The molecule has 0 radical (unpaired) electrons. The summed E-state index contributed by atoms with van der Waals surface area (Å²) in [5.41, 5.74) is 7.53. The number of nitrogens with zero attached hydrogens (tertiary/aromatic N) is 6. The second-order valence-corrected chi connectivity index (χ2v) is 18.4. The Bertz CT molecular complexity index is 2180. The number of hydrogen-bond donors (Lipinski definition) is 0. The monoisotopic (exact) mass is 828 g/mol. The largest absolute Gasteiger partial charge is 0.490 e. The Morgan fingerprint density at radius 2 is 1.11 bits per heavy atom. The minimum absolute atomic E-state index is 0.0959. The Balaban J connectivity index is 0.966. The molecule has 0 aromatic heterocycles. The molecule has 2 saturated heterocycles. The molecule has 0 N–H and O–H groups in total. The molecule has 61 heavy (non-hydrogen) atoms. The van der Waals surface area contributed by atoms with E-state index in [-0.39, 0.29) is 12.1 Å². The van der Waals surface area contributed by atoms with Crippen molar-refractivity contribution in [2.24, 2.45) is 0 Å². The van der Waals surface area contributed by atoms with Gasteiger partial charge in [-0.3, -0.25) is 9.80 Å². The summed E-state index contributed by atoms with van der Waals surface area (Å²) in [6, 6.07) is 22.2. The van der Waals surface area contributed by atoms with Gasteiger partial charge in [-0.05, 0) is 137 Å². The molecule has 4 aromatic rings. The quantitative estimate of drug-likeness (QED) is 0.134. The molecule has 0 aliphatic carbocycles. The van der Waals surface area contributed by atoms with Crippen LogP contribution in [0.15, 0.2) is 60.7 Å². The fourth-order valence-electron chi connectivity index (χ4n) is 10.2. The zero-order valence-corrected chi connectivity index (χ0v) is 36.8. The highest BCUT2D eigenvalue weighted by atomic mass is 16.6. The molecule has 11 nitrogen and oxygen atoms in total. The topological polar surface area (TPSA) is 65.6 Å². The second-order valence-electron chi connectivity index (χ2n) is 18.4. The van der Waals surface area contributed by atoms with Crippen LogP contribution in [0.2, 0.25) is 0 Å². The smallest absolute Gasteiger partial charge is 0.212 e. The van der Waals surface area contributed by atoms with Crippen LogP contribution in [0.5, 0.6) is 46.0 Å². The van der Waals surface area contributed by atoms with Gasteiger partial charge in [-0.2, -0.15) is 0 Å². The molecule has 0 amide bonds. The molecule has 7 aliphatic rings. The SMILES string of the molecule is CN1CCN(CCCOc2ccc3cc2Oc2ccc(cc2)C[C@H]2c4c(cc(OCCCN5CCN(C)CC5)c5c4Oc4cc6c(cc4O5)CCN(C)[C@H]6C3)CCN2C)CC1. The van der Waals surface area contributed by atoms with E-state index in [2.05, 4.69) is 118 Å². The van der Waals surface area contributed by atoms with Gasteiger partial charge in [-0.15, -0.1) is 0 Å². The van der Waals surface area contributed by atoms with Crippen molar-refractivity contribution in [3.05, 3.63) is 94.0 Å². The van der Waals surface area contributed by atoms with Crippen LogP contribution < -0.4 is 23.7 Å². The van der Waals surface area contributed by atoms with E-state index < -0.39 is 0 Å². The number of hydrogen-bond acceptors (Lipinski definition) is 11. The van der Waals surface area contributed by atoms with E-state index in [0.717, 1.165) is 157 Å². The molecule has 7 aliphatic heterocycles. The predicted molar refractivity (Wildman–Crippen MR) is 240 cm³/mol. The molecule has 0 saturated carbocycles. The first-order valence-electron chi connectivity index (χ1n) is 22.9. The van der Waals surface area contributed by atoms with E-state index in [1.54, 1.807) is 0 Å². The number of likely N-dealkylation sites (N-methyl/N-ethyl adjacent to an activating group) is 4. The Kier molecular flexibility index (Phi) is 11.9. The normalized spacial score (nSPS) is 22.2. The van der Waals surface area contributed by atoms with Crippen molar-refractivity contribution in [2.75, 3.05) is 120 Å². The third kappa shape index (κ3) is 8.83. The third-order valence-corrected chi connectivity index (χ3v) is 14.1. The summed E-state index contributed by atoms with van der Waals surface area (Å²) < 4.78 is 34.1. The van der Waals surface area contributed by atoms with Crippen molar-refractivity contribution in [3.8, 4) is 46.0 Å². The number of rotatable bonds is 10. The molecule has 324 valence electrons. The van der Waals surface area contributed by atoms with Crippen LogP contribution in [0, 0.1) is 0 Å². The summed E-state index contributed by atoms with van der Waals surface area (Å²) in [5.74, 6) is 6.22. The molecular weight excluding hydrogens is 765 g/mol. The second kappa shape index (κ2) is 17.8. The van der Waals surface area contributed by atoms with Crippen LogP contribution in [-0.4, -0.2) is 149 Å². The lowest BCUT2D eigenvalue weighted by Gasteiger charge is -2.39. The Labute approximate surface area is 362 Å². The fraction of sp³-hybridized carbons (Fsp3) is 0.520. The molecular formula is C50H64N6O5. The van der Waals surface area contributed by atoms with Gasteiger partial charge in [-0.25, -0.2) is 0 Å². The van der Waals surface area contributed by atoms with Crippen LogP contribution in [0.1, 0.15) is 58.3 Å². The van der Waals surface area contributed by atoms with E-state index in [9.17, 15) is 0 Å². The maximum absolute atomic E-state index is 7.17. The van der Waals surface area contributed by atoms with Crippen molar-refractivity contribution in [2.45, 2.75) is 50.6 Å². The molecule has 11 rings (SSSR count). The van der Waals surface area contributed by atoms with Crippen molar-refractivity contribution < 1.29 is 23.7 Å². The van der Waals surface area contributed by atoms with E-state index >= 15 is 0 Å². The Hall–Kier alpha value is -4.36. The zero-order valence-electron chi connectivity index (χ0n) is 36.8. The standard InChI is InChI=1S/C50H64N6O5/c1-51-19-23-55(24-20-51)15-5-27-57-43-12-9-36-30-41-40-34-46-45(32-37(40)13-17-53(41)3)60-49-47(58-28-6-16-56-25-21-52(2)22-26-56)33-38-14-18-54(4)42(48(38)50(49)61-46)29-35-7-10-39(11-8-35)59-44(43)31-36/h7-12,31-34,41-42H,5-6,13-30H2,1-4H3/t41-,42-/m0/s1. The van der Waals surface area contributed by atoms with Gasteiger partial charge in [-0.1, -0.05) is 18.2 Å². The van der Waals surface area contributed by atoms with Gasteiger partial charge >= 0.3 is 0 Å². The molecule has 0 spiro atoms. The number of benzene rings is 4. The van der Waals surface area contributed by atoms with E-state index in [0.29, 0.717) is 19.0 Å². The molecule has 7 heterocycles. The first-order valence-corrected chi connectivity index (χ1v) is 22.9. The van der Waals surface area contributed by atoms with Gasteiger partial charge in [0.25, 0.3) is 0 Å². The molecule has 11 heteroatoms. The summed E-state index contributed by atoms with van der Waals surface area (Å²) >= 11 is 0. The maximum Gasteiger partial charge on any atom is 0.212 e. The first kappa shape index (κ1) is 40.7. The van der Waals surface area contributed by atoms with E-state index in [1.807, 2.05) is 0 Å². The summed E-state index contributed by atoms with van der Waals surface area (Å²) in [5, 5.41) is 0. The van der Waals surface area contributed by atoms with Gasteiger partial charge in [0.05, 0.1) is 13.2 Å². The minimum atomic E-state index is 0.0959. The highest BCUT2D eigenvalue weighted by molar-refractivity contribution is 5.67. The average molecular weight is 829 g/mol.